The molecule has 0 aromatic carbocycles. The number of hydrogen-bond acceptors (Lipinski definition) is 3. The first-order valence-electron chi connectivity index (χ1n) is 7.12. The Morgan fingerprint density at radius 2 is 2.42 bits per heavy atom. The highest BCUT2D eigenvalue weighted by Gasteiger charge is 2.26. The highest BCUT2D eigenvalue weighted by Crippen LogP contribution is 2.24. The predicted octanol–water partition coefficient (Wildman–Crippen LogP) is 1.80. The van der Waals surface area contributed by atoms with Crippen LogP contribution in [0.5, 0.6) is 0 Å². The summed E-state index contributed by atoms with van der Waals surface area (Å²) in [4.78, 5) is 18.3. The van der Waals surface area contributed by atoms with Crippen LogP contribution in [0.1, 0.15) is 50.2 Å². The first-order valence-corrected chi connectivity index (χ1v) is 7.12. The molecule has 1 aliphatic heterocycles. The smallest absolute Gasteiger partial charge is 0.317 e. The van der Waals surface area contributed by atoms with Gasteiger partial charge in [0.05, 0.1) is 0 Å². The van der Waals surface area contributed by atoms with Gasteiger partial charge in [-0.3, -0.25) is 5.10 Å². The highest BCUT2D eigenvalue weighted by atomic mass is 16.2. The van der Waals surface area contributed by atoms with Crippen molar-refractivity contribution in [2.24, 2.45) is 0 Å². The molecule has 1 saturated heterocycles. The summed E-state index contributed by atoms with van der Waals surface area (Å²) in [6.45, 7) is 6.33. The number of amides is 2. The maximum Gasteiger partial charge on any atom is 0.317 e. The van der Waals surface area contributed by atoms with Crippen LogP contribution in [-0.2, 0) is 0 Å². The second kappa shape index (κ2) is 6.54. The van der Waals surface area contributed by atoms with Crippen molar-refractivity contribution in [3.05, 3.63) is 11.6 Å². The Labute approximate surface area is 114 Å². The number of rotatable bonds is 4. The van der Waals surface area contributed by atoms with Crippen LogP contribution in [0, 0.1) is 6.92 Å². The van der Waals surface area contributed by atoms with Gasteiger partial charge in [0.1, 0.15) is 5.82 Å². The van der Waals surface area contributed by atoms with E-state index in [0.29, 0.717) is 0 Å². The summed E-state index contributed by atoms with van der Waals surface area (Å²) in [6.07, 6.45) is 4.19. The summed E-state index contributed by atoms with van der Waals surface area (Å²) in [5.41, 5.74) is 0. The fraction of sp³-hybridized carbons (Fsp3) is 0.769. The van der Waals surface area contributed by atoms with Crippen molar-refractivity contribution in [2.75, 3.05) is 19.6 Å². The number of aromatic nitrogens is 3. The van der Waals surface area contributed by atoms with Gasteiger partial charge in [0, 0.05) is 25.6 Å². The van der Waals surface area contributed by atoms with Crippen molar-refractivity contribution >= 4 is 6.03 Å². The van der Waals surface area contributed by atoms with Gasteiger partial charge in [0.2, 0.25) is 0 Å². The van der Waals surface area contributed by atoms with Gasteiger partial charge in [-0.25, -0.2) is 9.78 Å². The first kappa shape index (κ1) is 13.8. The number of urea groups is 1. The zero-order chi connectivity index (χ0) is 13.7. The van der Waals surface area contributed by atoms with Crippen molar-refractivity contribution in [3.63, 3.8) is 0 Å². The van der Waals surface area contributed by atoms with E-state index in [1.165, 1.54) is 0 Å². The number of nitrogens with zero attached hydrogens (tertiary/aromatic N) is 3. The van der Waals surface area contributed by atoms with Crippen LogP contribution in [0.15, 0.2) is 0 Å². The molecule has 1 fully saturated rings. The van der Waals surface area contributed by atoms with Crippen LogP contribution in [0.4, 0.5) is 4.79 Å². The first-order chi connectivity index (χ1) is 9.20. The Morgan fingerprint density at radius 1 is 1.58 bits per heavy atom. The molecular weight excluding hydrogens is 242 g/mol. The number of piperidine rings is 1. The van der Waals surface area contributed by atoms with Crippen LogP contribution in [0.25, 0.3) is 0 Å². The van der Waals surface area contributed by atoms with Crippen molar-refractivity contribution in [1.82, 2.24) is 25.4 Å². The molecule has 2 heterocycles. The largest absolute Gasteiger partial charge is 0.338 e. The van der Waals surface area contributed by atoms with E-state index in [4.69, 9.17) is 0 Å². The van der Waals surface area contributed by atoms with E-state index in [2.05, 4.69) is 27.4 Å². The van der Waals surface area contributed by atoms with Gasteiger partial charge in [0.25, 0.3) is 0 Å². The molecule has 2 rings (SSSR count). The molecule has 6 nitrogen and oxygen atoms in total. The van der Waals surface area contributed by atoms with E-state index >= 15 is 0 Å². The Hall–Kier alpha value is -1.59. The molecule has 0 bridgehead atoms. The Morgan fingerprint density at radius 3 is 3.11 bits per heavy atom. The molecule has 2 amide bonds. The van der Waals surface area contributed by atoms with Gasteiger partial charge in [0.15, 0.2) is 5.82 Å². The Kier molecular flexibility index (Phi) is 4.76. The fourth-order valence-electron chi connectivity index (χ4n) is 2.40. The lowest BCUT2D eigenvalue weighted by atomic mass is 9.98. The van der Waals surface area contributed by atoms with Crippen LogP contribution in [-0.4, -0.2) is 45.7 Å². The second-order valence-electron chi connectivity index (χ2n) is 5.15. The lowest BCUT2D eigenvalue weighted by molar-refractivity contribution is 0.178. The van der Waals surface area contributed by atoms with Crippen molar-refractivity contribution in [3.8, 4) is 0 Å². The molecule has 1 atom stereocenters. The van der Waals surface area contributed by atoms with E-state index in [-0.39, 0.29) is 11.9 Å². The Balaban J connectivity index is 1.88. The zero-order valence-corrected chi connectivity index (χ0v) is 11.8. The third kappa shape index (κ3) is 3.68. The number of likely N-dealkylation sites (tertiary alicyclic amines) is 1. The maximum absolute atomic E-state index is 12.0. The van der Waals surface area contributed by atoms with E-state index in [1.54, 1.807) is 0 Å². The molecule has 0 aliphatic carbocycles. The number of carbonyl (C=O) groups excluding carboxylic acids is 1. The fourth-order valence-corrected chi connectivity index (χ4v) is 2.40. The standard InChI is InChI=1S/C13H23N5O/c1-3-4-7-14-13(19)18-8-5-6-11(9-18)12-15-10(2)16-17-12/h11H,3-9H2,1-2H3,(H,14,19)(H,15,16,17)/t11-/m1/s1. The van der Waals surface area contributed by atoms with Gasteiger partial charge in [-0.2, -0.15) is 5.10 Å². The number of aromatic amines is 1. The number of carbonyl (C=O) groups is 1. The average molecular weight is 265 g/mol. The molecule has 1 aliphatic rings. The summed E-state index contributed by atoms with van der Waals surface area (Å²) in [5.74, 6) is 1.93. The van der Waals surface area contributed by atoms with Gasteiger partial charge in [-0.05, 0) is 26.2 Å². The topological polar surface area (TPSA) is 73.9 Å². The summed E-state index contributed by atoms with van der Waals surface area (Å²) < 4.78 is 0. The molecule has 0 saturated carbocycles. The Bertz CT molecular complexity index is 417. The van der Waals surface area contributed by atoms with E-state index in [0.717, 1.165) is 57.0 Å². The van der Waals surface area contributed by atoms with E-state index < -0.39 is 0 Å². The van der Waals surface area contributed by atoms with Crippen LogP contribution in [0.3, 0.4) is 0 Å². The zero-order valence-electron chi connectivity index (χ0n) is 11.8. The van der Waals surface area contributed by atoms with Gasteiger partial charge in [-0.15, -0.1) is 0 Å². The molecule has 0 spiro atoms. The normalized spacial score (nSPS) is 19.5. The van der Waals surface area contributed by atoms with Crippen LogP contribution >= 0.6 is 0 Å². The highest BCUT2D eigenvalue weighted by molar-refractivity contribution is 5.74. The second-order valence-corrected chi connectivity index (χ2v) is 5.15. The molecule has 19 heavy (non-hydrogen) atoms. The molecule has 0 radical (unpaired) electrons. The van der Waals surface area contributed by atoms with Crippen molar-refractivity contribution in [2.45, 2.75) is 45.4 Å². The predicted molar refractivity (Wildman–Crippen MR) is 73.0 cm³/mol. The minimum atomic E-state index is 0.0467. The lowest BCUT2D eigenvalue weighted by Gasteiger charge is -2.31. The van der Waals surface area contributed by atoms with Crippen LogP contribution < -0.4 is 5.32 Å². The third-order valence-corrected chi connectivity index (χ3v) is 3.49. The molecule has 1 aromatic rings. The number of H-pyrrole nitrogens is 1. The number of hydrogen-bond donors (Lipinski definition) is 2. The minimum Gasteiger partial charge on any atom is -0.338 e. The van der Waals surface area contributed by atoms with Gasteiger partial charge in [-0.1, -0.05) is 13.3 Å². The number of unbranched alkanes of at least 4 members (excludes halogenated alkanes) is 1. The quantitative estimate of drug-likeness (QED) is 0.815. The SMILES string of the molecule is CCCCNC(=O)N1CCC[C@@H](c2n[nH]c(C)n2)C1. The molecule has 0 unspecified atom stereocenters. The van der Waals surface area contributed by atoms with Crippen LogP contribution in [0.2, 0.25) is 0 Å². The monoisotopic (exact) mass is 265 g/mol. The van der Waals surface area contributed by atoms with E-state index in [9.17, 15) is 4.79 Å². The number of nitrogens with one attached hydrogen (secondary N) is 2. The molecular formula is C13H23N5O. The minimum absolute atomic E-state index is 0.0467. The number of aryl methyl sites for hydroxylation is 1. The molecule has 2 N–H and O–H groups in total. The summed E-state index contributed by atoms with van der Waals surface area (Å²) in [5, 5.41) is 10.1. The van der Waals surface area contributed by atoms with Gasteiger partial charge >= 0.3 is 6.03 Å². The lowest BCUT2D eigenvalue weighted by Crippen LogP contribution is -2.45. The van der Waals surface area contributed by atoms with E-state index in [1.807, 2.05) is 11.8 Å². The van der Waals surface area contributed by atoms with Gasteiger partial charge < -0.3 is 10.2 Å². The summed E-state index contributed by atoms with van der Waals surface area (Å²) in [6, 6.07) is 0.0467. The average Bonchev–Trinajstić information content (AvgIpc) is 2.86. The van der Waals surface area contributed by atoms with Crippen molar-refractivity contribution in [1.29, 1.82) is 0 Å². The molecule has 106 valence electrons. The molecule has 1 aromatic heterocycles. The summed E-state index contributed by atoms with van der Waals surface area (Å²) in [7, 11) is 0. The third-order valence-electron chi connectivity index (χ3n) is 3.49. The maximum atomic E-state index is 12.0. The summed E-state index contributed by atoms with van der Waals surface area (Å²) >= 11 is 0. The molecule has 6 heteroatoms. The van der Waals surface area contributed by atoms with Crippen molar-refractivity contribution < 1.29 is 4.79 Å².